The van der Waals surface area contributed by atoms with Crippen LogP contribution in [0, 0.1) is 0 Å². The van der Waals surface area contributed by atoms with E-state index in [1.165, 1.54) is 5.57 Å². The van der Waals surface area contributed by atoms with E-state index < -0.39 is 11.2 Å². The van der Waals surface area contributed by atoms with Gasteiger partial charge in [0.25, 0.3) is 0 Å². The minimum Gasteiger partial charge on any atom is -0.493 e. The normalized spacial score (nSPS) is 26.2. The Bertz CT molecular complexity index is 738. The van der Waals surface area contributed by atoms with Crippen LogP contribution in [-0.2, 0) is 21.3 Å². The summed E-state index contributed by atoms with van der Waals surface area (Å²) in [6.45, 7) is 1.26. The van der Waals surface area contributed by atoms with Gasteiger partial charge in [0.2, 0.25) is 0 Å². The second kappa shape index (κ2) is 6.71. The van der Waals surface area contributed by atoms with Crippen molar-refractivity contribution in [2.75, 3.05) is 34.0 Å². The van der Waals surface area contributed by atoms with Crippen molar-refractivity contribution in [3.63, 3.8) is 0 Å². The van der Waals surface area contributed by atoms with Gasteiger partial charge in [0.05, 0.1) is 27.4 Å². The average molecular weight is 381 g/mol. The molecule has 26 heavy (non-hydrogen) atoms. The first-order chi connectivity index (χ1) is 12.6. The fraction of sp³-hybridized carbons (Fsp3) is 0.600. The van der Waals surface area contributed by atoms with E-state index in [-0.39, 0.29) is 6.61 Å². The van der Waals surface area contributed by atoms with Gasteiger partial charge in [0, 0.05) is 41.5 Å². The molecule has 0 saturated carbocycles. The third-order valence-corrected chi connectivity index (χ3v) is 6.38. The Morgan fingerprint density at radius 2 is 1.96 bits per heavy atom. The quantitative estimate of drug-likeness (QED) is 0.811. The van der Waals surface area contributed by atoms with Gasteiger partial charge in [0.1, 0.15) is 0 Å². The van der Waals surface area contributed by atoms with E-state index in [0.29, 0.717) is 42.6 Å². The van der Waals surface area contributed by atoms with Crippen LogP contribution in [0.15, 0.2) is 17.7 Å². The first-order valence-electron chi connectivity index (χ1n) is 9.11. The molecule has 4 rings (SSSR count). The third-order valence-electron chi connectivity index (χ3n) is 6.04. The maximum Gasteiger partial charge on any atom is 0.173 e. The van der Waals surface area contributed by atoms with E-state index in [9.17, 15) is 5.11 Å². The summed E-state index contributed by atoms with van der Waals surface area (Å²) in [7, 11) is 3.27. The molecule has 0 aromatic heterocycles. The van der Waals surface area contributed by atoms with E-state index in [4.69, 9.17) is 30.5 Å². The van der Waals surface area contributed by atoms with Gasteiger partial charge < -0.3 is 24.1 Å². The predicted octanol–water partition coefficient (Wildman–Crippen LogP) is 3.39. The van der Waals surface area contributed by atoms with Crippen LogP contribution in [0.2, 0.25) is 5.02 Å². The van der Waals surface area contributed by atoms with E-state index in [2.05, 4.69) is 6.08 Å². The monoisotopic (exact) mass is 380 g/mol. The van der Waals surface area contributed by atoms with Gasteiger partial charge in [-0.15, -0.1) is 0 Å². The number of allylic oxidation sites excluding steroid dienone is 1. The van der Waals surface area contributed by atoms with Crippen LogP contribution in [0.1, 0.15) is 36.8 Å². The van der Waals surface area contributed by atoms with Gasteiger partial charge in [-0.05, 0) is 24.8 Å². The Kier molecular flexibility index (Phi) is 4.68. The van der Waals surface area contributed by atoms with Crippen molar-refractivity contribution < 1.29 is 24.1 Å². The lowest BCUT2D eigenvalue weighted by atomic mass is 9.59. The molecule has 1 spiro atoms. The number of aliphatic hydroxyl groups is 1. The molecular formula is C20H25ClO5. The first-order valence-corrected chi connectivity index (χ1v) is 9.49. The van der Waals surface area contributed by atoms with E-state index in [1.807, 2.05) is 6.07 Å². The molecule has 0 amide bonds. The number of aliphatic hydroxyl groups excluding tert-OH is 1. The van der Waals surface area contributed by atoms with Crippen LogP contribution < -0.4 is 9.47 Å². The molecule has 3 aliphatic rings. The predicted molar refractivity (Wildman–Crippen MR) is 98.2 cm³/mol. The summed E-state index contributed by atoms with van der Waals surface area (Å²) in [6.07, 6.45) is 5.96. The number of rotatable bonds is 4. The van der Waals surface area contributed by atoms with Crippen molar-refractivity contribution in [3.8, 4) is 11.5 Å². The van der Waals surface area contributed by atoms with E-state index >= 15 is 0 Å². The van der Waals surface area contributed by atoms with Crippen LogP contribution in [0.3, 0.4) is 0 Å². The zero-order chi connectivity index (χ0) is 18.4. The molecule has 0 bridgehead atoms. The molecule has 0 radical (unpaired) electrons. The SMILES string of the molecule is COc1cc(Cl)c2c(c1OC)C1(CCO)CC3(CC=C1CC2)OCCO3. The summed E-state index contributed by atoms with van der Waals surface area (Å²) in [5.41, 5.74) is 2.99. The smallest absolute Gasteiger partial charge is 0.173 e. The van der Waals surface area contributed by atoms with Crippen LogP contribution in [0.25, 0.3) is 0 Å². The summed E-state index contributed by atoms with van der Waals surface area (Å²) in [5.74, 6) is 0.678. The summed E-state index contributed by atoms with van der Waals surface area (Å²) in [4.78, 5) is 0. The van der Waals surface area contributed by atoms with Gasteiger partial charge in [-0.2, -0.15) is 0 Å². The molecule has 5 nitrogen and oxygen atoms in total. The zero-order valence-electron chi connectivity index (χ0n) is 15.3. The molecule has 142 valence electrons. The molecule has 1 fully saturated rings. The van der Waals surface area contributed by atoms with Crippen LogP contribution in [0.4, 0.5) is 0 Å². The molecule has 1 aromatic rings. The van der Waals surface area contributed by atoms with Crippen LogP contribution >= 0.6 is 11.6 Å². The van der Waals surface area contributed by atoms with Gasteiger partial charge in [-0.1, -0.05) is 23.3 Å². The highest BCUT2D eigenvalue weighted by atomic mass is 35.5. The molecule has 2 aliphatic carbocycles. The summed E-state index contributed by atoms with van der Waals surface area (Å²) >= 11 is 6.62. The maximum atomic E-state index is 9.95. The summed E-state index contributed by atoms with van der Waals surface area (Å²) < 4.78 is 23.4. The summed E-state index contributed by atoms with van der Waals surface area (Å²) in [5, 5.41) is 10.6. The third kappa shape index (κ3) is 2.56. The lowest BCUT2D eigenvalue weighted by Gasteiger charge is -2.49. The topological polar surface area (TPSA) is 57.2 Å². The van der Waals surface area contributed by atoms with Gasteiger partial charge in [0.15, 0.2) is 17.3 Å². The Hall–Kier alpha value is -1.27. The maximum absolute atomic E-state index is 9.95. The molecule has 1 aromatic carbocycles. The fourth-order valence-electron chi connectivity index (χ4n) is 5.00. The van der Waals surface area contributed by atoms with Crippen molar-refractivity contribution >= 4 is 11.6 Å². The van der Waals surface area contributed by atoms with Crippen LogP contribution in [-0.4, -0.2) is 44.9 Å². The first kappa shape index (κ1) is 18.1. The molecule has 1 unspecified atom stereocenters. The lowest BCUT2D eigenvalue weighted by molar-refractivity contribution is -0.173. The molecule has 1 heterocycles. The highest BCUT2D eigenvalue weighted by Gasteiger charge is 2.53. The number of hydrogen-bond acceptors (Lipinski definition) is 5. The molecule has 1 atom stereocenters. The molecule has 1 aliphatic heterocycles. The van der Waals surface area contributed by atoms with Crippen molar-refractivity contribution in [1.29, 1.82) is 0 Å². The number of fused-ring (bicyclic) bond motifs is 3. The van der Waals surface area contributed by atoms with Crippen LogP contribution in [0.5, 0.6) is 11.5 Å². The lowest BCUT2D eigenvalue weighted by Crippen LogP contribution is -2.47. The van der Waals surface area contributed by atoms with Gasteiger partial charge >= 0.3 is 0 Å². The Balaban J connectivity index is 1.97. The number of hydrogen-bond donors (Lipinski definition) is 1. The number of ether oxygens (including phenoxy) is 4. The minimum absolute atomic E-state index is 0.0604. The molecule has 6 heteroatoms. The minimum atomic E-state index is -0.631. The molecule has 1 N–H and O–H groups in total. The van der Waals surface area contributed by atoms with Gasteiger partial charge in [-0.25, -0.2) is 0 Å². The average Bonchev–Trinajstić information content (AvgIpc) is 3.09. The Labute approximate surface area is 158 Å². The van der Waals surface area contributed by atoms with Crippen molar-refractivity contribution in [3.05, 3.63) is 33.9 Å². The second-order valence-electron chi connectivity index (χ2n) is 7.22. The highest BCUT2D eigenvalue weighted by molar-refractivity contribution is 6.31. The number of methoxy groups -OCH3 is 2. The van der Waals surface area contributed by atoms with Crippen molar-refractivity contribution in [1.82, 2.24) is 0 Å². The van der Waals surface area contributed by atoms with Crippen molar-refractivity contribution in [2.45, 2.75) is 43.3 Å². The number of halogens is 1. The van der Waals surface area contributed by atoms with Gasteiger partial charge in [-0.3, -0.25) is 0 Å². The number of benzene rings is 1. The summed E-state index contributed by atoms with van der Waals surface area (Å²) in [6, 6.07) is 1.82. The standard InChI is InChI=1S/C20H25ClO5/c1-23-16-11-15(21)14-4-3-13-5-6-20(25-9-10-26-20)12-19(13,7-8-22)17(14)18(16)24-2/h5,11,22H,3-4,6-10,12H2,1-2H3. The Morgan fingerprint density at radius 3 is 2.62 bits per heavy atom. The second-order valence-corrected chi connectivity index (χ2v) is 7.63. The molecular weight excluding hydrogens is 356 g/mol. The van der Waals surface area contributed by atoms with Crippen molar-refractivity contribution in [2.24, 2.45) is 0 Å². The zero-order valence-corrected chi connectivity index (χ0v) is 16.0. The van der Waals surface area contributed by atoms with E-state index in [1.54, 1.807) is 14.2 Å². The highest BCUT2D eigenvalue weighted by Crippen LogP contribution is 2.58. The Morgan fingerprint density at radius 1 is 1.19 bits per heavy atom. The fourth-order valence-corrected chi connectivity index (χ4v) is 5.29. The van der Waals surface area contributed by atoms with E-state index in [0.717, 1.165) is 30.4 Å². The molecule has 1 saturated heterocycles. The largest absolute Gasteiger partial charge is 0.493 e.